The van der Waals surface area contributed by atoms with Crippen molar-refractivity contribution in [3.05, 3.63) is 75.6 Å². The largest absolute Gasteiger partial charge is 0.384 e. The summed E-state index contributed by atoms with van der Waals surface area (Å²) in [6.07, 6.45) is 2.92. The van der Waals surface area contributed by atoms with Crippen molar-refractivity contribution in [2.75, 3.05) is 0 Å². The molecule has 0 aliphatic carbocycles. The Morgan fingerprint density at radius 2 is 1.84 bits per heavy atom. The molecule has 0 saturated heterocycles. The van der Waals surface area contributed by atoms with Crippen molar-refractivity contribution >= 4 is 33.4 Å². The van der Waals surface area contributed by atoms with Crippen molar-refractivity contribution in [1.29, 1.82) is 0 Å². The minimum atomic E-state index is -0.645. The minimum absolute atomic E-state index is 0.645. The van der Waals surface area contributed by atoms with Gasteiger partial charge >= 0.3 is 0 Å². The number of hydrogen-bond acceptors (Lipinski definition) is 2. The first-order valence-electron chi connectivity index (χ1n) is 6.02. The summed E-state index contributed by atoms with van der Waals surface area (Å²) >= 11 is 2.25. The smallest absolute Gasteiger partial charge is 0.106 e. The molecule has 2 aromatic carbocycles. The monoisotopic (exact) mass is 361 g/mol. The van der Waals surface area contributed by atoms with Crippen LogP contribution in [-0.2, 0) is 0 Å². The molecular formula is C16H12INO. The number of aliphatic hydroxyl groups is 1. The lowest BCUT2D eigenvalue weighted by Crippen LogP contribution is -2.01. The highest BCUT2D eigenvalue weighted by Gasteiger charge is 2.13. The maximum absolute atomic E-state index is 10.6. The fraction of sp³-hybridized carbons (Fsp3) is 0.0625. The summed E-state index contributed by atoms with van der Waals surface area (Å²) in [6, 6.07) is 15.9. The molecule has 1 atom stereocenters. The maximum Gasteiger partial charge on any atom is 0.106 e. The van der Waals surface area contributed by atoms with E-state index >= 15 is 0 Å². The van der Waals surface area contributed by atoms with E-state index in [1.54, 1.807) is 6.20 Å². The quantitative estimate of drug-likeness (QED) is 0.702. The fourth-order valence-corrected chi connectivity index (χ4v) is 2.78. The Balaban J connectivity index is 2.14. The van der Waals surface area contributed by atoms with Gasteiger partial charge in [0.05, 0.1) is 0 Å². The molecule has 94 valence electrons. The molecular weight excluding hydrogens is 349 g/mol. The average molecular weight is 361 g/mol. The zero-order valence-electron chi connectivity index (χ0n) is 10.1. The summed E-state index contributed by atoms with van der Waals surface area (Å²) < 4.78 is 1.11. The van der Waals surface area contributed by atoms with Gasteiger partial charge in [0.15, 0.2) is 0 Å². The summed E-state index contributed by atoms with van der Waals surface area (Å²) in [5.74, 6) is 0. The first kappa shape index (κ1) is 12.6. The van der Waals surface area contributed by atoms with Gasteiger partial charge in [0.25, 0.3) is 0 Å². The highest BCUT2D eigenvalue weighted by atomic mass is 127. The number of nitrogens with zero attached hydrogens (tertiary/aromatic N) is 1. The molecule has 0 saturated carbocycles. The molecule has 1 unspecified atom stereocenters. The molecule has 0 aliphatic heterocycles. The molecule has 19 heavy (non-hydrogen) atoms. The van der Waals surface area contributed by atoms with E-state index in [9.17, 15) is 5.11 Å². The molecule has 3 aromatic rings. The van der Waals surface area contributed by atoms with E-state index in [0.717, 1.165) is 25.5 Å². The van der Waals surface area contributed by atoms with Gasteiger partial charge in [-0.05, 0) is 45.7 Å². The van der Waals surface area contributed by atoms with E-state index in [1.165, 1.54) is 0 Å². The van der Waals surface area contributed by atoms with Crippen LogP contribution in [-0.4, -0.2) is 10.1 Å². The van der Waals surface area contributed by atoms with Gasteiger partial charge in [0, 0.05) is 26.9 Å². The van der Waals surface area contributed by atoms with Crippen molar-refractivity contribution < 1.29 is 5.11 Å². The highest BCUT2D eigenvalue weighted by molar-refractivity contribution is 14.1. The van der Waals surface area contributed by atoms with Crippen molar-refractivity contribution in [1.82, 2.24) is 4.98 Å². The van der Waals surface area contributed by atoms with Gasteiger partial charge in [-0.15, -0.1) is 0 Å². The maximum atomic E-state index is 10.6. The molecule has 0 aliphatic rings. The van der Waals surface area contributed by atoms with E-state index in [1.807, 2.05) is 54.7 Å². The van der Waals surface area contributed by atoms with Crippen LogP contribution in [0.4, 0.5) is 0 Å². The van der Waals surface area contributed by atoms with Gasteiger partial charge in [-0.3, -0.25) is 4.98 Å². The Hall–Kier alpha value is -1.46. The predicted octanol–water partition coefficient (Wildman–Crippen LogP) is 3.92. The van der Waals surface area contributed by atoms with E-state index < -0.39 is 6.10 Å². The van der Waals surface area contributed by atoms with Gasteiger partial charge in [-0.25, -0.2) is 0 Å². The SMILES string of the molecule is OC(c1cccc(I)c1)c1cncc2ccccc12. The summed E-state index contributed by atoms with van der Waals surface area (Å²) in [7, 11) is 0. The normalized spacial score (nSPS) is 12.5. The molecule has 1 aromatic heterocycles. The average Bonchev–Trinajstić information content (AvgIpc) is 2.46. The molecule has 3 rings (SSSR count). The predicted molar refractivity (Wildman–Crippen MR) is 85.0 cm³/mol. The first-order valence-corrected chi connectivity index (χ1v) is 7.10. The van der Waals surface area contributed by atoms with Crippen LogP contribution in [0.3, 0.4) is 0 Å². The number of fused-ring (bicyclic) bond motifs is 1. The standard InChI is InChI=1S/C16H12INO/c17-13-6-3-5-11(8-13)16(19)15-10-18-9-12-4-1-2-7-14(12)15/h1-10,16,19H. The molecule has 3 heteroatoms. The van der Waals surface area contributed by atoms with Crippen LogP contribution in [0.1, 0.15) is 17.2 Å². The summed E-state index contributed by atoms with van der Waals surface area (Å²) in [5.41, 5.74) is 1.74. The van der Waals surface area contributed by atoms with Crippen molar-refractivity contribution in [3.8, 4) is 0 Å². The van der Waals surface area contributed by atoms with Crippen LogP contribution in [0.15, 0.2) is 60.9 Å². The van der Waals surface area contributed by atoms with Gasteiger partial charge in [-0.2, -0.15) is 0 Å². The second kappa shape index (κ2) is 5.27. The number of halogens is 1. The number of rotatable bonds is 2. The minimum Gasteiger partial charge on any atom is -0.384 e. The Labute approximate surface area is 125 Å². The first-order chi connectivity index (χ1) is 9.25. The Bertz CT molecular complexity index is 721. The third kappa shape index (κ3) is 2.48. The molecule has 0 radical (unpaired) electrons. The zero-order chi connectivity index (χ0) is 13.2. The van der Waals surface area contributed by atoms with E-state index in [0.29, 0.717) is 0 Å². The number of aromatic nitrogens is 1. The third-order valence-electron chi connectivity index (χ3n) is 3.16. The molecule has 0 fully saturated rings. The zero-order valence-corrected chi connectivity index (χ0v) is 12.3. The lowest BCUT2D eigenvalue weighted by atomic mass is 9.98. The van der Waals surface area contributed by atoms with Gasteiger partial charge in [-0.1, -0.05) is 36.4 Å². The van der Waals surface area contributed by atoms with E-state index in [4.69, 9.17) is 0 Å². The number of pyridine rings is 1. The number of hydrogen-bond donors (Lipinski definition) is 1. The van der Waals surface area contributed by atoms with Crippen LogP contribution in [0.25, 0.3) is 10.8 Å². The molecule has 2 nitrogen and oxygen atoms in total. The van der Waals surface area contributed by atoms with Gasteiger partial charge in [0.1, 0.15) is 6.10 Å². The Morgan fingerprint density at radius 3 is 2.68 bits per heavy atom. The summed E-state index contributed by atoms with van der Waals surface area (Å²) in [6.45, 7) is 0. The van der Waals surface area contributed by atoms with Crippen LogP contribution >= 0.6 is 22.6 Å². The second-order valence-electron chi connectivity index (χ2n) is 4.41. The van der Waals surface area contributed by atoms with Crippen molar-refractivity contribution in [2.24, 2.45) is 0 Å². The van der Waals surface area contributed by atoms with Crippen LogP contribution in [0.2, 0.25) is 0 Å². The summed E-state index contributed by atoms with van der Waals surface area (Å²) in [5, 5.41) is 12.7. The second-order valence-corrected chi connectivity index (χ2v) is 5.65. The van der Waals surface area contributed by atoms with E-state index in [2.05, 4.69) is 27.6 Å². The van der Waals surface area contributed by atoms with Gasteiger partial charge < -0.3 is 5.11 Å². The van der Waals surface area contributed by atoms with Crippen LogP contribution in [0, 0.1) is 3.57 Å². The Kier molecular flexibility index (Phi) is 3.48. The Morgan fingerprint density at radius 1 is 1.00 bits per heavy atom. The summed E-state index contributed by atoms with van der Waals surface area (Å²) in [4.78, 5) is 4.22. The number of aliphatic hydroxyl groups excluding tert-OH is 1. The van der Waals surface area contributed by atoms with Crippen LogP contribution in [0.5, 0.6) is 0 Å². The van der Waals surface area contributed by atoms with Gasteiger partial charge in [0.2, 0.25) is 0 Å². The molecule has 0 amide bonds. The third-order valence-corrected chi connectivity index (χ3v) is 3.83. The van der Waals surface area contributed by atoms with Crippen LogP contribution < -0.4 is 0 Å². The molecule has 0 bridgehead atoms. The highest BCUT2D eigenvalue weighted by Crippen LogP contribution is 2.28. The van der Waals surface area contributed by atoms with Crippen molar-refractivity contribution in [2.45, 2.75) is 6.10 Å². The molecule has 1 heterocycles. The topological polar surface area (TPSA) is 33.1 Å². The number of benzene rings is 2. The lowest BCUT2D eigenvalue weighted by Gasteiger charge is -2.14. The fourth-order valence-electron chi connectivity index (χ4n) is 2.21. The van der Waals surface area contributed by atoms with Crippen molar-refractivity contribution in [3.63, 3.8) is 0 Å². The molecule has 1 N–H and O–H groups in total. The van der Waals surface area contributed by atoms with E-state index in [-0.39, 0.29) is 0 Å². The molecule has 0 spiro atoms. The lowest BCUT2D eigenvalue weighted by molar-refractivity contribution is 0.221.